The summed E-state index contributed by atoms with van der Waals surface area (Å²) < 4.78 is 0. The Balaban J connectivity index is 2.18. The lowest BCUT2D eigenvalue weighted by Gasteiger charge is -2.15. The highest BCUT2D eigenvalue weighted by Gasteiger charge is 2.22. The van der Waals surface area contributed by atoms with Gasteiger partial charge in [-0.3, -0.25) is 9.59 Å². The fraction of sp³-hybridized carbons (Fsp3) is 0.154. The summed E-state index contributed by atoms with van der Waals surface area (Å²) in [6.45, 7) is 0.524. The van der Waals surface area contributed by atoms with Crippen molar-refractivity contribution in [2.45, 2.75) is 6.42 Å². The topological polar surface area (TPSA) is 74.8 Å². The van der Waals surface area contributed by atoms with Gasteiger partial charge in [0.05, 0.1) is 5.69 Å². The van der Waals surface area contributed by atoms with Gasteiger partial charge in [0.1, 0.15) is 11.4 Å². The Kier molecular flexibility index (Phi) is 2.44. The molecule has 0 bridgehead atoms. The van der Waals surface area contributed by atoms with Gasteiger partial charge in [0.25, 0.3) is 11.5 Å². The zero-order chi connectivity index (χ0) is 12.5. The minimum absolute atomic E-state index is 0.140. The molecule has 0 aliphatic carbocycles. The molecule has 1 aromatic heterocycles. The minimum atomic E-state index is -0.379. The number of aromatic amines is 1. The van der Waals surface area contributed by atoms with Crippen LogP contribution in [-0.2, 0) is 6.42 Å². The highest BCUT2D eigenvalue weighted by Crippen LogP contribution is 2.15. The third-order valence-electron chi connectivity index (χ3n) is 2.92. The van der Waals surface area contributed by atoms with Gasteiger partial charge in [-0.1, -0.05) is 30.3 Å². The first-order chi connectivity index (χ1) is 8.75. The smallest absolute Gasteiger partial charge is 0.264 e. The summed E-state index contributed by atoms with van der Waals surface area (Å²) in [5.74, 6) is 0.165. The van der Waals surface area contributed by atoms with Crippen molar-refractivity contribution in [3.05, 3.63) is 51.9 Å². The number of rotatable bonds is 1. The normalized spacial score (nSPS) is 13.9. The van der Waals surface area contributed by atoms with Gasteiger partial charge in [-0.15, -0.1) is 0 Å². The molecule has 5 nitrogen and oxygen atoms in total. The minimum Gasteiger partial charge on any atom is -0.351 e. The van der Waals surface area contributed by atoms with Crippen molar-refractivity contribution in [3.8, 4) is 11.4 Å². The van der Waals surface area contributed by atoms with E-state index in [4.69, 9.17) is 0 Å². The number of carbonyl (C=O) groups excluding carboxylic acids is 1. The molecule has 18 heavy (non-hydrogen) atoms. The van der Waals surface area contributed by atoms with E-state index in [1.807, 2.05) is 30.3 Å². The first-order valence-electron chi connectivity index (χ1n) is 5.72. The second kappa shape index (κ2) is 4.10. The molecule has 90 valence electrons. The number of benzene rings is 1. The quantitative estimate of drug-likeness (QED) is 0.772. The number of hydrogen-bond donors (Lipinski definition) is 2. The number of nitrogens with one attached hydrogen (secondary N) is 2. The molecule has 0 spiro atoms. The molecule has 2 heterocycles. The molecule has 2 N–H and O–H groups in total. The lowest BCUT2D eigenvalue weighted by molar-refractivity contribution is 0.0943. The van der Waals surface area contributed by atoms with Gasteiger partial charge in [-0.25, -0.2) is 4.98 Å². The number of nitrogens with zero attached hydrogens (tertiary/aromatic N) is 1. The Morgan fingerprint density at radius 1 is 1.11 bits per heavy atom. The van der Waals surface area contributed by atoms with Crippen LogP contribution >= 0.6 is 0 Å². The zero-order valence-electron chi connectivity index (χ0n) is 9.56. The van der Waals surface area contributed by atoms with E-state index >= 15 is 0 Å². The Hall–Kier alpha value is -2.43. The van der Waals surface area contributed by atoms with E-state index in [0.29, 0.717) is 24.5 Å². The largest absolute Gasteiger partial charge is 0.351 e. The van der Waals surface area contributed by atoms with Crippen molar-refractivity contribution in [1.29, 1.82) is 0 Å². The number of H-pyrrole nitrogens is 1. The van der Waals surface area contributed by atoms with Gasteiger partial charge in [0, 0.05) is 18.5 Å². The van der Waals surface area contributed by atoms with Crippen molar-refractivity contribution in [1.82, 2.24) is 15.3 Å². The van der Waals surface area contributed by atoms with Crippen LogP contribution in [0.5, 0.6) is 0 Å². The summed E-state index contributed by atoms with van der Waals surface area (Å²) in [6.07, 6.45) is 0.588. The molecule has 0 radical (unpaired) electrons. The van der Waals surface area contributed by atoms with Crippen molar-refractivity contribution >= 4 is 5.91 Å². The Morgan fingerprint density at radius 3 is 2.67 bits per heavy atom. The van der Waals surface area contributed by atoms with Crippen LogP contribution in [0.1, 0.15) is 16.1 Å². The van der Waals surface area contributed by atoms with Gasteiger partial charge in [0.2, 0.25) is 0 Å². The molecule has 1 aromatic carbocycles. The summed E-state index contributed by atoms with van der Waals surface area (Å²) in [5, 5.41) is 2.64. The molecule has 0 saturated carbocycles. The van der Waals surface area contributed by atoms with E-state index in [1.54, 1.807) is 0 Å². The number of aromatic nitrogens is 2. The number of fused-ring (bicyclic) bond motifs is 1. The molecule has 0 saturated heterocycles. The highest BCUT2D eigenvalue weighted by molar-refractivity contribution is 5.96. The summed E-state index contributed by atoms with van der Waals surface area (Å²) in [6, 6.07) is 9.39. The predicted octanol–water partition coefficient (Wildman–Crippen LogP) is 0.723. The fourth-order valence-electron chi connectivity index (χ4n) is 2.05. The SMILES string of the molecule is O=C1NCCc2nc(-c3ccccc3)[nH]c(=O)c21. The van der Waals surface area contributed by atoms with Crippen molar-refractivity contribution < 1.29 is 4.79 Å². The van der Waals surface area contributed by atoms with E-state index in [-0.39, 0.29) is 17.0 Å². The maximum atomic E-state index is 11.9. The zero-order valence-corrected chi connectivity index (χ0v) is 9.56. The standard InChI is InChI=1S/C13H11N3O2/c17-12-10-9(6-7-14-12)15-11(16-13(10)18)8-4-2-1-3-5-8/h1-5H,6-7H2,(H,14,17)(H,15,16,18). The van der Waals surface area contributed by atoms with E-state index < -0.39 is 0 Å². The molecule has 1 amide bonds. The number of amides is 1. The summed E-state index contributed by atoms with van der Waals surface area (Å²) in [4.78, 5) is 30.5. The number of carbonyl (C=O) groups is 1. The van der Waals surface area contributed by atoms with E-state index in [9.17, 15) is 9.59 Å². The Bertz CT molecular complexity index is 662. The molecule has 2 aromatic rings. The van der Waals surface area contributed by atoms with Gasteiger partial charge < -0.3 is 10.3 Å². The van der Waals surface area contributed by atoms with Crippen LogP contribution in [0, 0.1) is 0 Å². The molecule has 5 heteroatoms. The molecule has 0 atom stereocenters. The molecule has 3 rings (SSSR count). The van der Waals surface area contributed by atoms with E-state index in [0.717, 1.165) is 5.56 Å². The maximum Gasteiger partial charge on any atom is 0.264 e. The van der Waals surface area contributed by atoms with Crippen LogP contribution in [0.4, 0.5) is 0 Å². The summed E-state index contributed by atoms with van der Waals surface area (Å²) in [7, 11) is 0. The Morgan fingerprint density at radius 2 is 1.89 bits per heavy atom. The average Bonchev–Trinajstić information content (AvgIpc) is 2.39. The maximum absolute atomic E-state index is 11.9. The Labute approximate surface area is 103 Å². The van der Waals surface area contributed by atoms with Crippen LogP contribution < -0.4 is 10.9 Å². The first-order valence-corrected chi connectivity index (χ1v) is 5.72. The second-order valence-corrected chi connectivity index (χ2v) is 4.11. The highest BCUT2D eigenvalue weighted by atomic mass is 16.2. The predicted molar refractivity (Wildman–Crippen MR) is 66.3 cm³/mol. The molecular formula is C13H11N3O2. The second-order valence-electron chi connectivity index (χ2n) is 4.11. The molecule has 0 unspecified atom stereocenters. The first kappa shape index (κ1) is 10.7. The van der Waals surface area contributed by atoms with Crippen LogP contribution in [0.15, 0.2) is 35.1 Å². The van der Waals surface area contributed by atoms with Crippen LogP contribution in [-0.4, -0.2) is 22.4 Å². The van der Waals surface area contributed by atoms with E-state index in [2.05, 4.69) is 15.3 Å². The number of hydrogen-bond acceptors (Lipinski definition) is 3. The monoisotopic (exact) mass is 241 g/mol. The molecule has 1 aliphatic heterocycles. The van der Waals surface area contributed by atoms with Crippen LogP contribution in [0.2, 0.25) is 0 Å². The van der Waals surface area contributed by atoms with Gasteiger partial charge in [-0.2, -0.15) is 0 Å². The van der Waals surface area contributed by atoms with Crippen LogP contribution in [0.3, 0.4) is 0 Å². The lowest BCUT2D eigenvalue weighted by atomic mass is 10.1. The van der Waals surface area contributed by atoms with Gasteiger partial charge in [0.15, 0.2) is 0 Å². The summed E-state index contributed by atoms with van der Waals surface area (Å²) >= 11 is 0. The van der Waals surface area contributed by atoms with Crippen molar-refractivity contribution in [3.63, 3.8) is 0 Å². The van der Waals surface area contributed by atoms with Gasteiger partial charge >= 0.3 is 0 Å². The molecule has 0 fully saturated rings. The van der Waals surface area contributed by atoms with Crippen molar-refractivity contribution in [2.75, 3.05) is 6.54 Å². The van der Waals surface area contributed by atoms with Crippen LogP contribution in [0.25, 0.3) is 11.4 Å². The van der Waals surface area contributed by atoms with Crippen molar-refractivity contribution in [2.24, 2.45) is 0 Å². The lowest BCUT2D eigenvalue weighted by Crippen LogP contribution is -2.38. The summed E-state index contributed by atoms with van der Waals surface area (Å²) in [5.41, 5.74) is 1.17. The fourth-order valence-corrected chi connectivity index (χ4v) is 2.05. The molecular weight excluding hydrogens is 230 g/mol. The van der Waals surface area contributed by atoms with Gasteiger partial charge in [-0.05, 0) is 0 Å². The third-order valence-corrected chi connectivity index (χ3v) is 2.92. The molecule has 1 aliphatic rings. The average molecular weight is 241 g/mol. The van der Waals surface area contributed by atoms with E-state index in [1.165, 1.54) is 0 Å². The third kappa shape index (κ3) is 1.69.